The van der Waals surface area contributed by atoms with Gasteiger partial charge in [0, 0.05) is 39.0 Å². The number of nitrogens with one attached hydrogen (secondary N) is 3. The second-order valence-corrected chi connectivity index (χ2v) is 12.4. The number of esters is 1. The lowest BCUT2D eigenvalue weighted by molar-refractivity contribution is -0.251. The van der Waals surface area contributed by atoms with E-state index in [1.807, 2.05) is 20.8 Å². The molecule has 0 spiro atoms. The van der Waals surface area contributed by atoms with E-state index in [0.717, 1.165) is 38.2 Å². The van der Waals surface area contributed by atoms with Gasteiger partial charge in [0.05, 0.1) is 6.67 Å². The minimum absolute atomic E-state index is 0.0657. The fourth-order valence-corrected chi connectivity index (χ4v) is 5.80. The van der Waals surface area contributed by atoms with Gasteiger partial charge in [0.1, 0.15) is 30.5 Å². The van der Waals surface area contributed by atoms with Crippen molar-refractivity contribution in [2.75, 3.05) is 27.4 Å². The van der Waals surface area contributed by atoms with Crippen LogP contribution in [0.1, 0.15) is 78.6 Å². The summed E-state index contributed by atoms with van der Waals surface area (Å²) < 4.78 is 28.5. The molecule has 52 heavy (non-hydrogen) atoms. The van der Waals surface area contributed by atoms with Crippen molar-refractivity contribution in [3.63, 3.8) is 0 Å². The van der Waals surface area contributed by atoms with Crippen molar-refractivity contribution in [1.29, 1.82) is 0 Å². The van der Waals surface area contributed by atoms with Crippen LogP contribution in [0, 0.1) is 0 Å². The molecule has 0 saturated carbocycles. The van der Waals surface area contributed by atoms with E-state index in [-0.39, 0.29) is 30.9 Å². The quantitative estimate of drug-likeness (QED) is 0.0627. The summed E-state index contributed by atoms with van der Waals surface area (Å²) >= 11 is 0. The van der Waals surface area contributed by atoms with Gasteiger partial charge in [0.25, 0.3) is 5.91 Å². The highest BCUT2D eigenvalue weighted by Crippen LogP contribution is 2.26. The Morgan fingerprint density at radius 1 is 1.06 bits per heavy atom. The normalized spacial score (nSPS) is 25.3. The van der Waals surface area contributed by atoms with E-state index in [1.165, 1.54) is 31.4 Å². The van der Waals surface area contributed by atoms with Crippen LogP contribution in [0.25, 0.3) is 0 Å². The molecule has 0 bridgehead atoms. The Balaban J connectivity index is 0.00000460. The zero-order chi connectivity index (χ0) is 38.8. The molecule has 3 rings (SSSR count). The molecule has 1 saturated heterocycles. The van der Waals surface area contributed by atoms with E-state index in [0.29, 0.717) is 25.8 Å². The molecule has 1 unspecified atom stereocenters. The number of ether oxygens (including phenoxy) is 5. The van der Waals surface area contributed by atoms with Gasteiger partial charge in [-0.3, -0.25) is 24.0 Å². The Kier molecular flexibility index (Phi) is 19.6. The Labute approximate surface area is 304 Å². The van der Waals surface area contributed by atoms with Crippen LogP contribution >= 0.6 is 0 Å². The number of carbonyl (C=O) groups excluding carboxylic acids is 5. The summed E-state index contributed by atoms with van der Waals surface area (Å²) in [6, 6.07) is -0.937. The third-order valence-corrected chi connectivity index (χ3v) is 8.58. The molecular weight excluding hydrogens is 684 g/mol. The second kappa shape index (κ2) is 23.0. The molecule has 1 fully saturated rings. The summed E-state index contributed by atoms with van der Waals surface area (Å²) in [5, 5.41) is 29.3. The number of methoxy groups -OCH3 is 2. The van der Waals surface area contributed by atoms with Crippen molar-refractivity contribution in [3.05, 3.63) is 24.1 Å². The number of nitrogens with zero attached hydrogens (tertiary/aromatic N) is 1. The lowest BCUT2D eigenvalue weighted by atomic mass is 10.0. The van der Waals surface area contributed by atoms with Crippen LogP contribution in [0.4, 0.5) is 0 Å². The summed E-state index contributed by atoms with van der Waals surface area (Å²) in [6.45, 7) is 6.35. The maximum absolute atomic E-state index is 13.1. The summed E-state index contributed by atoms with van der Waals surface area (Å²) in [5.41, 5.74) is 11.3. The van der Waals surface area contributed by atoms with Gasteiger partial charge in [-0.25, -0.2) is 0 Å². The number of hydrogen-bond donors (Lipinski definition) is 7. The number of hydrogen-bond acceptors (Lipinski definition) is 14. The van der Waals surface area contributed by atoms with Crippen molar-refractivity contribution >= 4 is 29.6 Å². The molecule has 0 aromatic heterocycles. The van der Waals surface area contributed by atoms with Gasteiger partial charge in [-0.1, -0.05) is 33.1 Å². The Morgan fingerprint density at radius 2 is 1.73 bits per heavy atom. The van der Waals surface area contributed by atoms with Gasteiger partial charge >= 0.3 is 5.97 Å². The first-order valence-corrected chi connectivity index (χ1v) is 17.9. The van der Waals surface area contributed by atoms with E-state index >= 15 is 0 Å². The molecular formula is C34H58N6O12. The minimum atomic E-state index is -1.83. The second-order valence-electron chi connectivity index (χ2n) is 12.4. The van der Waals surface area contributed by atoms with Gasteiger partial charge in [-0.15, -0.1) is 0 Å². The van der Waals surface area contributed by atoms with E-state index in [4.69, 9.17) is 35.2 Å². The first-order chi connectivity index (χ1) is 24.9. The standard InChI is InChI=1S/C32H52N6O12.C2H6/c1-18-10-9-11-19(29(44)36-18)37-30(45)21-16-20(39)24(42)32(48-21)50-26(28(34)43)25(46-2)27(47-3)31(38-15-13-22(40)35-17-38)49-23(41)12-7-5-4-6-8-14-33;1-2/h13,15-16,18-20,24-27,31-32,39,42H,4-12,14,17,33H2,1-3H3,(H2,34,43)(H,35,40)(H,36,44)(H,37,45);1-2H3/t18-,19+,20+,24+,25?,26-,27-,31-,32-;/m1./s1. The fraction of sp³-hybridized carbons (Fsp3) is 0.735. The average Bonchev–Trinajstić information content (AvgIpc) is 3.28. The predicted octanol–water partition coefficient (Wildman–Crippen LogP) is -0.880. The molecule has 3 heterocycles. The monoisotopic (exact) mass is 742 g/mol. The highest BCUT2D eigenvalue weighted by atomic mass is 16.7. The lowest BCUT2D eigenvalue weighted by Gasteiger charge is -2.41. The summed E-state index contributed by atoms with van der Waals surface area (Å²) in [4.78, 5) is 64.9. The van der Waals surface area contributed by atoms with E-state index in [2.05, 4.69) is 16.0 Å². The van der Waals surface area contributed by atoms with E-state index in [1.54, 1.807) is 0 Å². The van der Waals surface area contributed by atoms with Crippen LogP contribution in [0.3, 0.4) is 0 Å². The van der Waals surface area contributed by atoms with Crippen LogP contribution in [-0.2, 0) is 47.7 Å². The molecule has 3 aliphatic heterocycles. The molecule has 0 radical (unpaired) electrons. The summed E-state index contributed by atoms with van der Waals surface area (Å²) in [5.74, 6) is -3.79. The Morgan fingerprint density at radius 3 is 2.35 bits per heavy atom. The third-order valence-electron chi connectivity index (χ3n) is 8.58. The van der Waals surface area contributed by atoms with Crippen molar-refractivity contribution in [2.24, 2.45) is 11.5 Å². The van der Waals surface area contributed by atoms with E-state index in [9.17, 15) is 34.2 Å². The molecule has 296 valence electrons. The van der Waals surface area contributed by atoms with Crippen LogP contribution < -0.4 is 27.4 Å². The lowest BCUT2D eigenvalue weighted by Crippen LogP contribution is -2.60. The van der Waals surface area contributed by atoms with Gasteiger partial charge in [-0.2, -0.15) is 0 Å². The smallest absolute Gasteiger partial charge is 0.307 e. The van der Waals surface area contributed by atoms with Crippen LogP contribution in [0.5, 0.6) is 0 Å². The molecule has 9 N–H and O–H groups in total. The maximum Gasteiger partial charge on any atom is 0.307 e. The predicted molar refractivity (Wildman–Crippen MR) is 186 cm³/mol. The molecule has 18 heteroatoms. The minimum Gasteiger partial charge on any atom is -0.456 e. The number of carbonyl (C=O) groups is 5. The Hall–Kier alpha value is -3.81. The highest BCUT2D eigenvalue weighted by molar-refractivity contribution is 5.95. The van der Waals surface area contributed by atoms with Crippen molar-refractivity contribution in [2.45, 2.75) is 134 Å². The SMILES string of the molecule is CC.COC([C@@H](OC)[C@@H](OC(=O)CCCCCCCN)N1C=CC(=O)NC1)[C@@H](O[C@H]1OC(C(=O)N[C@H]2CCC[C@@H](C)NC2=O)=C[C@H](O)[C@@H]1O)C(N)=O. The molecule has 18 nitrogen and oxygen atoms in total. The fourth-order valence-electron chi connectivity index (χ4n) is 5.80. The third kappa shape index (κ3) is 13.3. The number of primary amides is 1. The molecule has 0 aromatic carbocycles. The largest absolute Gasteiger partial charge is 0.456 e. The highest BCUT2D eigenvalue weighted by Gasteiger charge is 2.47. The van der Waals surface area contributed by atoms with Crippen LogP contribution in [-0.4, -0.2) is 127 Å². The van der Waals surface area contributed by atoms with Crippen LogP contribution in [0.15, 0.2) is 24.1 Å². The average molecular weight is 743 g/mol. The summed E-state index contributed by atoms with van der Waals surface area (Å²) in [7, 11) is 2.49. The first-order valence-electron chi connectivity index (χ1n) is 17.9. The van der Waals surface area contributed by atoms with Gasteiger partial charge in [-0.05, 0) is 51.6 Å². The molecule has 9 atom stereocenters. The number of nitrogens with two attached hydrogens (primary N) is 2. The Bertz CT molecular complexity index is 1240. The zero-order valence-corrected chi connectivity index (χ0v) is 30.8. The number of aliphatic hydroxyl groups excluding tert-OH is 2. The van der Waals surface area contributed by atoms with Gasteiger partial charge in [0.2, 0.25) is 30.2 Å². The van der Waals surface area contributed by atoms with Crippen molar-refractivity contribution in [1.82, 2.24) is 20.9 Å². The molecule has 3 aliphatic rings. The molecule has 0 aliphatic carbocycles. The van der Waals surface area contributed by atoms with Gasteiger partial charge in [0.15, 0.2) is 11.9 Å². The summed E-state index contributed by atoms with van der Waals surface area (Å²) in [6.07, 6.45) is -1.66. The number of aliphatic hydroxyl groups is 2. The van der Waals surface area contributed by atoms with Gasteiger partial charge < -0.3 is 66.2 Å². The van der Waals surface area contributed by atoms with Crippen molar-refractivity contribution in [3.8, 4) is 0 Å². The van der Waals surface area contributed by atoms with Crippen LogP contribution in [0.2, 0.25) is 0 Å². The van der Waals surface area contributed by atoms with Crippen molar-refractivity contribution < 1.29 is 57.9 Å². The topological polar surface area (TPSA) is 263 Å². The van der Waals surface area contributed by atoms with E-state index < -0.39 is 72.6 Å². The maximum atomic E-state index is 13.1. The number of amides is 4. The number of rotatable bonds is 19. The number of unbranched alkanes of at least 4 members (excludes halogenated alkanes) is 4. The first kappa shape index (κ1) is 44.4. The zero-order valence-electron chi connectivity index (χ0n) is 30.8. The molecule has 4 amide bonds. The molecule has 0 aromatic rings.